The van der Waals surface area contributed by atoms with Crippen LogP contribution in [0, 0.1) is 11.8 Å². The largest absolute Gasteiger partial charge is 0.395 e. The highest BCUT2D eigenvalue weighted by atomic mass is 35.5. The molecule has 0 saturated carbocycles. The zero-order valence-electron chi connectivity index (χ0n) is 10.5. The second kappa shape index (κ2) is 6.75. The molecule has 2 rings (SSSR count). The van der Waals surface area contributed by atoms with Crippen molar-refractivity contribution >= 4 is 23.3 Å². The number of carbonyl (C=O) groups is 1. The van der Waals surface area contributed by atoms with E-state index in [1.165, 1.54) is 12.3 Å². The van der Waals surface area contributed by atoms with Crippen LogP contribution >= 0.6 is 11.6 Å². The van der Waals surface area contributed by atoms with Crippen molar-refractivity contribution in [2.24, 2.45) is 0 Å². The number of H-pyrrole nitrogens is 1. The van der Waals surface area contributed by atoms with E-state index in [1.54, 1.807) is 18.3 Å². The van der Waals surface area contributed by atoms with Crippen LogP contribution in [0.15, 0.2) is 30.6 Å². The van der Waals surface area contributed by atoms with Gasteiger partial charge in [-0.25, -0.2) is 4.98 Å². The molecule has 0 aliphatic rings. The van der Waals surface area contributed by atoms with Gasteiger partial charge in [-0.3, -0.25) is 4.79 Å². The molecule has 102 valence electrons. The van der Waals surface area contributed by atoms with Gasteiger partial charge in [-0.05, 0) is 18.2 Å². The smallest absolute Gasteiger partial charge is 0.273 e. The molecule has 0 spiro atoms. The summed E-state index contributed by atoms with van der Waals surface area (Å²) in [7, 11) is 0. The molecular weight excluding hydrogens is 278 g/mol. The summed E-state index contributed by atoms with van der Waals surface area (Å²) in [6.45, 7) is 0.0231. The predicted molar refractivity (Wildman–Crippen MR) is 76.6 cm³/mol. The highest BCUT2D eigenvalue weighted by Crippen LogP contribution is 2.12. The molecule has 0 unspecified atom stereocenters. The summed E-state index contributed by atoms with van der Waals surface area (Å²) in [5.41, 5.74) is 1.07. The fourth-order valence-corrected chi connectivity index (χ4v) is 1.64. The highest BCUT2D eigenvalue weighted by Gasteiger charge is 2.08. The molecular formula is C14H12ClN3O2. The maximum atomic E-state index is 11.9. The number of aromatic nitrogens is 2. The Morgan fingerprint density at radius 1 is 1.50 bits per heavy atom. The van der Waals surface area contributed by atoms with Gasteiger partial charge in [0.05, 0.1) is 11.6 Å². The number of hydrogen-bond donors (Lipinski definition) is 3. The van der Waals surface area contributed by atoms with Gasteiger partial charge in [0.1, 0.15) is 11.5 Å². The maximum absolute atomic E-state index is 11.9. The van der Waals surface area contributed by atoms with Crippen LogP contribution in [0.1, 0.15) is 22.5 Å². The molecule has 2 aromatic rings. The third-order valence-corrected chi connectivity index (χ3v) is 2.58. The van der Waals surface area contributed by atoms with Gasteiger partial charge in [0.25, 0.3) is 5.91 Å². The SMILES string of the molecule is O=C(Nc1cc(C#CCCO)ccn1)c1cc(Cl)c[nH]1. The molecule has 0 radical (unpaired) electrons. The lowest BCUT2D eigenvalue weighted by Gasteiger charge is -2.02. The van der Waals surface area contributed by atoms with E-state index in [9.17, 15) is 4.79 Å². The van der Waals surface area contributed by atoms with Crippen LogP contribution in [-0.2, 0) is 0 Å². The van der Waals surface area contributed by atoms with Gasteiger partial charge in [0.15, 0.2) is 0 Å². The number of nitrogens with one attached hydrogen (secondary N) is 2. The molecule has 0 aliphatic carbocycles. The molecule has 0 atom stereocenters. The quantitative estimate of drug-likeness (QED) is 0.757. The Morgan fingerprint density at radius 2 is 2.35 bits per heavy atom. The number of aromatic amines is 1. The van der Waals surface area contributed by atoms with Crippen LogP contribution in [0.4, 0.5) is 5.82 Å². The Kier molecular flexibility index (Phi) is 4.77. The number of amides is 1. The summed E-state index contributed by atoms with van der Waals surface area (Å²) < 4.78 is 0. The summed E-state index contributed by atoms with van der Waals surface area (Å²) in [6, 6.07) is 4.92. The van der Waals surface area contributed by atoms with Crippen molar-refractivity contribution in [1.29, 1.82) is 0 Å². The van der Waals surface area contributed by atoms with Crippen molar-refractivity contribution in [1.82, 2.24) is 9.97 Å². The third-order valence-electron chi connectivity index (χ3n) is 2.36. The minimum atomic E-state index is -0.329. The van der Waals surface area contributed by atoms with E-state index in [2.05, 4.69) is 27.1 Å². The first-order valence-corrected chi connectivity index (χ1v) is 6.28. The minimum Gasteiger partial charge on any atom is -0.395 e. The molecule has 0 aliphatic heterocycles. The van der Waals surface area contributed by atoms with E-state index >= 15 is 0 Å². The summed E-state index contributed by atoms with van der Waals surface area (Å²) >= 11 is 5.74. The Morgan fingerprint density at radius 3 is 3.05 bits per heavy atom. The van der Waals surface area contributed by atoms with Gasteiger partial charge in [-0.15, -0.1) is 0 Å². The van der Waals surface area contributed by atoms with Crippen LogP contribution in [0.5, 0.6) is 0 Å². The molecule has 5 nitrogen and oxygen atoms in total. The van der Waals surface area contributed by atoms with Gasteiger partial charge in [-0.2, -0.15) is 0 Å². The van der Waals surface area contributed by atoms with Crippen LogP contribution < -0.4 is 5.32 Å². The van der Waals surface area contributed by atoms with E-state index in [4.69, 9.17) is 16.7 Å². The predicted octanol–water partition coefficient (Wildman–Crippen LogP) is 2.05. The summed E-state index contributed by atoms with van der Waals surface area (Å²) in [4.78, 5) is 18.7. The number of hydrogen-bond acceptors (Lipinski definition) is 3. The number of nitrogens with zero attached hydrogens (tertiary/aromatic N) is 1. The molecule has 2 aromatic heterocycles. The lowest BCUT2D eigenvalue weighted by atomic mass is 10.2. The molecule has 6 heteroatoms. The van der Waals surface area contributed by atoms with E-state index in [1.807, 2.05) is 0 Å². The zero-order valence-corrected chi connectivity index (χ0v) is 11.2. The van der Waals surface area contributed by atoms with Crippen molar-refractivity contribution in [3.8, 4) is 11.8 Å². The van der Waals surface area contributed by atoms with Crippen molar-refractivity contribution in [3.05, 3.63) is 46.9 Å². The number of anilines is 1. The Balaban J connectivity index is 2.08. The Bertz CT molecular complexity index is 670. The van der Waals surface area contributed by atoms with Gasteiger partial charge in [0.2, 0.25) is 0 Å². The number of halogens is 1. The number of aliphatic hydroxyl groups excluding tert-OH is 1. The number of aliphatic hydroxyl groups is 1. The first-order chi connectivity index (χ1) is 9.69. The molecule has 2 heterocycles. The van der Waals surface area contributed by atoms with Crippen LogP contribution in [-0.4, -0.2) is 27.6 Å². The normalized spacial score (nSPS) is 9.70. The number of carbonyl (C=O) groups excluding carboxylic acids is 1. The molecule has 20 heavy (non-hydrogen) atoms. The van der Waals surface area contributed by atoms with E-state index in [-0.39, 0.29) is 12.5 Å². The van der Waals surface area contributed by atoms with Crippen molar-refractivity contribution in [2.45, 2.75) is 6.42 Å². The zero-order chi connectivity index (χ0) is 14.4. The molecule has 0 saturated heterocycles. The second-order valence-electron chi connectivity index (χ2n) is 3.89. The average Bonchev–Trinajstić information content (AvgIpc) is 2.86. The minimum absolute atomic E-state index is 0.0231. The van der Waals surface area contributed by atoms with Crippen molar-refractivity contribution in [3.63, 3.8) is 0 Å². The first-order valence-electron chi connectivity index (χ1n) is 5.90. The van der Waals surface area contributed by atoms with Crippen molar-refractivity contribution < 1.29 is 9.90 Å². The highest BCUT2D eigenvalue weighted by molar-refractivity contribution is 6.31. The summed E-state index contributed by atoms with van der Waals surface area (Å²) in [5.74, 6) is 5.75. The summed E-state index contributed by atoms with van der Waals surface area (Å²) in [5, 5.41) is 11.8. The average molecular weight is 290 g/mol. The third kappa shape index (κ3) is 3.85. The number of pyridine rings is 1. The van der Waals surface area contributed by atoms with Gasteiger partial charge >= 0.3 is 0 Å². The lowest BCUT2D eigenvalue weighted by molar-refractivity contribution is 0.102. The van der Waals surface area contributed by atoms with Gasteiger partial charge in [0, 0.05) is 24.4 Å². The summed E-state index contributed by atoms with van der Waals surface area (Å²) in [6.07, 6.45) is 3.49. The van der Waals surface area contributed by atoms with E-state index < -0.39 is 0 Å². The van der Waals surface area contributed by atoms with E-state index in [0.717, 1.165) is 0 Å². The molecule has 1 amide bonds. The molecule has 0 fully saturated rings. The van der Waals surface area contributed by atoms with Crippen LogP contribution in [0.25, 0.3) is 0 Å². The Labute approximate surface area is 121 Å². The van der Waals surface area contributed by atoms with E-state index in [0.29, 0.717) is 28.5 Å². The molecule has 0 bridgehead atoms. The fraction of sp³-hybridized carbons (Fsp3) is 0.143. The fourth-order valence-electron chi connectivity index (χ4n) is 1.48. The Hall–Kier alpha value is -2.29. The van der Waals surface area contributed by atoms with Crippen LogP contribution in [0.2, 0.25) is 5.02 Å². The molecule has 0 aromatic carbocycles. The molecule has 3 N–H and O–H groups in total. The van der Waals surface area contributed by atoms with Crippen LogP contribution in [0.3, 0.4) is 0 Å². The number of rotatable bonds is 3. The second-order valence-corrected chi connectivity index (χ2v) is 4.33. The topological polar surface area (TPSA) is 78.0 Å². The monoisotopic (exact) mass is 289 g/mol. The van der Waals surface area contributed by atoms with Gasteiger partial charge in [-0.1, -0.05) is 23.4 Å². The first kappa shape index (κ1) is 14.1. The van der Waals surface area contributed by atoms with Crippen molar-refractivity contribution in [2.75, 3.05) is 11.9 Å². The standard InChI is InChI=1S/C14H12ClN3O2/c15-11-8-12(17-9-11)14(20)18-13-7-10(4-5-16-13)3-1-2-6-19/h4-5,7-9,17,19H,2,6H2,(H,16,18,20). The van der Waals surface area contributed by atoms with Gasteiger partial charge < -0.3 is 15.4 Å². The lowest BCUT2D eigenvalue weighted by Crippen LogP contribution is -2.13. The maximum Gasteiger partial charge on any atom is 0.273 e.